The molecule has 0 spiro atoms. The van der Waals surface area contributed by atoms with Crippen LogP contribution in [0.25, 0.3) is 0 Å². The summed E-state index contributed by atoms with van der Waals surface area (Å²) in [6.07, 6.45) is 4.07. The highest BCUT2D eigenvalue weighted by atomic mass is 15.2. The second-order valence-electron chi connectivity index (χ2n) is 5.64. The predicted molar refractivity (Wildman–Crippen MR) is 67.2 cm³/mol. The summed E-state index contributed by atoms with van der Waals surface area (Å²) in [4.78, 5) is 2.61. The molecule has 1 aliphatic rings. The molecule has 1 rings (SSSR count). The summed E-state index contributed by atoms with van der Waals surface area (Å²) in [5.74, 6) is 0.859. The summed E-state index contributed by atoms with van der Waals surface area (Å²) in [5.41, 5.74) is 0. The molecule has 0 radical (unpaired) electrons. The van der Waals surface area contributed by atoms with Crippen LogP contribution in [0.2, 0.25) is 0 Å². The van der Waals surface area contributed by atoms with Gasteiger partial charge in [0.05, 0.1) is 0 Å². The topological polar surface area (TPSA) is 15.3 Å². The van der Waals surface area contributed by atoms with Crippen LogP contribution in [0.5, 0.6) is 0 Å². The van der Waals surface area contributed by atoms with Crippen LogP contribution in [0.4, 0.5) is 0 Å². The number of nitrogens with zero attached hydrogens (tertiary/aromatic N) is 1. The maximum absolute atomic E-state index is 3.63. The van der Waals surface area contributed by atoms with Gasteiger partial charge in [-0.3, -0.25) is 0 Å². The van der Waals surface area contributed by atoms with E-state index in [9.17, 15) is 0 Å². The fourth-order valence-corrected chi connectivity index (χ4v) is 2.37. The Balaban J connectivity index is 2.08. The normalized spacial score (nSPS) is 23.2. The molecular formula is C13H28N2. The zero-order valence-corrected chi connectivity index (χ0v) is 10.9. The van der Waals surface area contributed by atoms with Crippen LogP contribution in [-0.2, 0) is 0 Å². The Morgan fingerprint density at radius 2 is 2.00 bits per heavy atom. The Kier molecular flexibility index (Phi) is 5.62. The van der Waals surface area contributed by atoms with E-state index in [-0.39, 0.29) is 0 Å². The van der Waals surface area contributed by atoms with Gasteiger partial charge in [-0.05, 0) is 38.3 Å². The van der Waals surface area contributed by atoms with E-state index < -0.39 is 0 Å². The van der Waals surface area contributed by atoms with E-state index >= 15 is 0 Å². The number of hydrogen-bond acceptors (Lipinski definition) is 2. The van der Waals surface area contributed by atoms with Gasteiger partial charge in [0.25, 0.3) is 0 Å². The Bertz CT molecular complexity index is 166. The highest BCUT2D eigenvalue weighted by Gasteiger charge is 2.21. The number of nitrogens with one attached hydrogen (secondary N) is 1. The van der Waals surface area contributed by atoms with Crippen LogP contribution in [0, 0.1) is 5.92 Å². The zero-order valence-electron chi connectivity index (χ0n) is 10.9. The van der Waals surface area contributed by atoms with E-state index in [4.69, 9.17) is 0 Å². The molecule has 0 bridgehead atoms. The molecule has 1 atom stereocenters. The lowest BCUT2D eigenvalue weighted by Crippen LogP contribution is -2.37. The Labute approximate surface area is 95.4 Å². The molecule has 15 heavy (non-hydrogen) atoms. The Morgan fingerprint density at radius 3 is 2.60 bits per heavy atom. The van der Waals surface area contributed by atoms with Gasteiger partial charge in [-0.15, -0.1) is 0 Å². The van der Waals surface area contributed by atoms with Gasteiger partial charge >= 0.3 is 0 Å². The van der Waals surface area contributed by atoms with Crippen molar-refractivity contribution in [3.05, 3.63) is 0 Å². The third kappa shape index (κ3) is 5.53. The van der Waals surface area contributed by atoms with Crippen LogP contribution in [0.1, 0.15) is 47.0 Å². The smallest absolute Gasteiger partial charge is 0.0209 e. The van der Waals surface area contributed by atoms with Crippen LogP contribution < -0.4 is 5.32 Å². The second kappa shape index (κ2) is 6.49. The molecule has 2 nitrogen and oxygen atoms in total. The quantitative estimate of drug-likeness (QED) is 0.728. The van der Waals surface area contributed by atoms with Crippen LogP contribution in [0.15, 0.2) is 0 Å². The minimum Gasteiger partial charge on any atom is -0.310 e. The van der Waals surface area contributed by atoms with E-state index in [2.05, 4.69) is 37.9 Å². The zero-order chi connectivity index (χ0) is 11.3. The van der Waals surface area contributed by atoms with Gasteiger partial charge in [0.15, 0.2) is 0 Å². The van der Waals surface area contributed by atoms with Crippen molar-refractivity contribution in [1.82, 2.24) is 10.2 Å². The van der Waals surface area contributed by atoms with Gasteiger partial charge < -0.3 is 10.2 Å². The van der Waals surface area contributed by atoms with Crippen LogP contribution in [-0.4, -0.2) is 36.6 Å². The molecule has 0 aromatic heterocycles. The highest BCUT2D eigenvalue weighted by Crippen LogP contribution is 2.12. The lowest BCUT2D eigenvalue weighted by molar-refractivity contribution is 0.309. The van der Waals surface area contributed by atoms with E-state index in [0.29, 0.717) is 6.04 Å². The molecule has 90 valence electrons. The fraction of sp³-hybridized carbons (Fsp3) is 1.00. The molecule has 1 saturated heterocycles. The largest absolute Gasteiger partial charge is 0.310 e. The van der Waals surface area contributed by atoms with Gasteiger partial charge in [-0.1, -0.05) is 27.7 Å². The standard InChI is InChI=1S/C13H28N2/c1-11(2)6-5-8-15-9-7-13(10-15)14-12(3)4/h11-14H,5-10H2,1-4H3/t13-/m0/s1. The monoisotopic (exact) mass is 212 g/mol. The van der Waals surface area contributed by atoms with Crippen molar-refractivity contribution in [2.75, 3.05) is 19.6 Å². The van der Waals surface area contributed by atoms with Crippen molar-refractivity contribution in [1.29, 1.82) is 0 Å². The average molecular weight is 212 g/mol. The van der Waals surface area contributed by atoms with Crippen molar-refractivity contribution in [2.45, 2.75) is 59.0 Å². The van der Waals surface area contributed by atoms with E-state index in [1.54, 1.807) is 0 Å². The number of rotatable bonds is 6. The summed E-state index contributed by atoms with van der Waals surface area (Å²) >= 11 is 0. The van der Waals surface area contributed by atoms with Gasteiger partial charge in [0, 0.05) is 18.6 Å². The van der Waals surface area contributed by atoms with Crippen LogP contribution >= 0.6 is 0 Å². The molecule has 1 heterocycles. The van der Waals surface area contributed by atoms with Crippen LogP contribution in [0.3, 0.4) is 0 Å². The molecule has 1 N–H and O–H groups in total. The summed E-state index contributed by atoms with van der Waals surface area (Å²) in [5, 5.41) is 3.63. The molecule has 1 aliphatic heterocycles. The van der Waals surface area contributed by atoms with Gasteiger partial charge in [0.1, 0.15) is 0 Å². The first kappa shape index (κ1) is 13.0. The van der Waals surface area contributed by atoms with E-state index in [0.717, 1.165) is 12.0 Å². The number of likely N-dealkylation sites (tertiary alicyclic amines) is 1. The van der Waals surface area contributed by atoms with Crippen molar-refractivity contribution >= 4 is 0 Å². The summed E-state index contributed by atoms with van der Waals surface area (Å²) < 4.78 is 0. The third-order valence-electron chi connectivity index (χ3n) is 3.10. The molecule has 2 heteroatoms. The van der Waals surface area contributed by atoms with E-state index in [1.165, 1.54) is 38.9 Å². The molecule has 1 fully saturated rings. The minimum absolute atomic E-state index is 0.630. The van der Waals surface area contributed by atoms with Gasteiger partial charge in [-0.25, -0.2) is 0 Å². The van der Waals surface area contributed by atoms with E-state index in [1.807, 2.05) is 0 Å². The summed E-state index contributed by atoms with van der Waals surface area (Å²) in [7, 11) is 0. The lowest BCUT2D eigenvalue weighted by Gasteiger charge is -2.18. The molecule has 0 unspecified atom stereocenters. The Morgan fingerprint density at radius 1 is 1.27 bits per heavy atom. The SMILES string of the molecule is CC(C)CCCN1CC[C@H](NC(C)C)C1. The van der Waals surface area contributed by atoms with Crippen molar-refractivity contribution in [3.63, 3.8) is 0 Å². The third-order valence-corrected chi connectivity index (χ3v) is 3.10. The highest BCUT2D eigenvalue weighted by molar-refractivity contribution is 4.81. The molecule has 0 aromatic carbocycles. The van der Waals surface area contributed by atoms with Gasteiger partial charge in [0.2, 0.25) is 0 Å². The maximum Gasteiger partial charge on any atom is 0.0209 e. The molecule has 0 aliphatic carbocycles. The average Bonchev–Trinajstić information content (AvgIpc) is 2.50. The Hall–Kier alpha value is -0.0800. The van der Waals surface area contributed by atoms with Crippen molar-refractivity contribution in [2.24, 2.45) is 5.92 Å². The first-order valence-electron chi connectivity index (χ1n) is 6.56. The first-order valence-corrected chi connectivity index (χ1v) is 6.56. The second-order valence-corrected chi connectivity index (χ2v) is 5.64. The molecule has 0 aromatic rings. The van der Waals surface area contributed by atoms with Crippen molar-refractivity contribution < 1.29 is 0 Å². The number of hydrogen-bond donors (Lipinski definition) is 1. The van der Waals surface area contributed by atoms with Crippen molar-refractivity contribution in [3.8, 4) is 0 Å². The maximum atomic E-state index is 3.63. The fourth-order valence-electron chi connectivity index (χ4n) is 2.37. The predicted octanol–water partition coefficient (Wildman–Crippen LogP) is 2.49. The minimum atomic E-state index is 0.630. The summed E-state index contributed by atoms with van der Waals surface area (Å²) in [6.45, 7) is 13.0. The molecular weight excluding hydrogens is 184 g/mol. The molecule has 0 saturated carbocycles. The summed E-state index contributed by atoms with van der Waals surface area (Å²) in [6, 6.07) is 1.37. The lowest BCUT2D eigenvalue weighted by atomic mass is 10.1. The van der Waals surface area contributed by atoms with Gasteiger partial charge in [-0.2, -0.15) is 0 Å². The first-order chi connectivity index (χ1) is 7.08. The molecule has 0 amide bonds.